The van der Waals surface area contributed by atoms with Crippen LogP contribution in [-0.4, -0.2) is 161 Å². The molecule has 0 aliphatic heterocycles. The van der Waals surface area contributed by atoms with E-state index in [-0.39, 0.29) is 18.2 Å². The molecule has 3 saturated carbocycles. The van der Waals surface area contributed by atoms with Crippen molar-refractivity contribution in [3.05, 3.63) is 41.6 Å². The molecule has 6 aromatic heterocycles. The zero-order chi connectivity index (χ0) is 52.8. The highest BCUT2D eigenvalue weighted by Gasteiger charge is 2.59. The molecule has 0 saturated heterocycles. The van der Waals surface area contributed by atoms with Gasteiger partial charge in [0.1, 0.15) is 50.9 Å². The van der Waals surface area contributed by atoms with Crippen LogP contribution in [-0.2, 0) is 19.0 Å². The highest BCUT2D eigenvalue weighted by molar-refractivity contribution is 7.22. The summed E-state index contributed by atoms with van der Waals surface area (Å²) in [6.45, 7) is 14.2. The minimum Gasteiger partial charge on any atom is -0.468 e. The molecule has 398 valence electrons. The molecule has 3 aliphatic carbocycles. The fourth-order valence-electron chi connectivity index (χ4n) is 9.99. The largest absolute Gasteiger partial charge is 0.468 e. The molecule has 6 heterocycles. The van der Waals surface area contributed by atoms with Gasteiger partial charge in [-0.15, -0.1) is 22.7 Å². The molecule has 10 N–H and O–H groups in total. The van der Waals surface area contributed by atoms with Gasteiger partial charge < -0.3 is 66.4 Å². The molecular weight excluding hydrogens is 991 g/mol. The first-order chi connectivity index (χ1) is 35.3. The number of aliphatic hydroxyl groups is 4. The van der Waals surface area contributed by atoms with Gasteiger partial charge in [0.25, 0.3) is 0 Å². The highest BCUT2D eigenvalue weighted by atomic mass is 32.1. The first kappa shape index (κ1) is 53.3. The van der Waals surface area contributed by atoms with Crippen molar-refractivity contribution in [2.24, 2.45) is 23.5 Å². The van der Waals surface area contributed by atoms with Gasteiger partial charge in [-0.1, -0.05) is 13.8 Å². The summed E-state index contributed by atoms with van der Waals surface area (Å²) < 4.78 is 25.1. The van der Waals surface area contributed by atoms with Gasteiger partial charge in [0.15, 0.2) is 0 Å². The number of nitrogens with zero attached hydrogens (tertiary/aromatic N) is 8. The van der Waals surface area contributed by atoms with Crippen molar-refractivity contribution in [3.63, 3.8) is 0 Å². The maximum Gasteiger partial charge on any atom is 0.323 e. The summed E-state index contributed by atoms with van der Waals surface area (Å²) in [7, 11) is 3.22. The van der Waals surface area contributed by atoms with Crippen LogP contribution in [0.1, 0.15) is 70.5 Å². The summed E-state index contributed by atoms with van der Waals surface area (Å²) in [6.07, 6.45) is 0.638. The minimum atomic E-state index is -1.33. The average molecular weight is 1060 g/mol. The number of aliphatic hydroxyl groups excluding tert-OH is 2. The van der Waals surface area contributed by atoms with E-state index in [1.807, 2.05) is 46.8 Å². The van der Waals surface area contributed by atoms with Crippen LogP contribution < -0.4 is 31.7 Å². The number of pyridine rings is 2. The second-order valence-corrected chi connectivity index (χ2v) is 22.5. The Bertz CT molecular complexity index is 2990. The summed E-state index contributed by atoms with van der Waals surface area (Å²) in [6, 6.07) is 1.49. The van der Waals surface area contributed by atoms with Crippen molar-refractivity contribution < 1.29 is 44.2 Å². The van der Waals surface area contributed by atoms with Gasteiger partial charge in [-0.2, -0.15) is 9.97 Å². The molecule has 0 radical (unpaired) electrons. The van der Waals surface area contributed by atoms with E-state index in [9.17, 15) is 25.2 Å². The van der Waals surface area contributed by atoms with Crippen LogP contribution in [0, 0.1) is 38.5 Å². The first-order valence-electron chi connectivity index (χ1n) is 25.0. The van der Waals surface area contributed by atoms with Gasteiger partial charge in [-0.25, -0.2) is 24.9 Å². The number of aryl methyl sites for hydroxylation is 3. The number of thiazole rings is 2. The van der Waals surface area contributed by atoms with Crippen LogP contribution in [0.3, 0.4) is 0 Å². The third kappa shape index (κ3) is 10.9. The van der Waals surface area contributed by atoms with Crippen LogP contribution in [0.5, 0.6) is 5.88 Å². The van der Waals surface area contributed by atoms with E-state index in [0.717, 1.165) is 15.9 Å². The zero-order valence-electron chi connectivity index (χ0n) is 43.0. The molecule has 3 fully saturated rings. The van der Waals surface area contributed by atoms with Gasteiger partial charge in [0, 0.05) is 51.5 Å². The summed E-state index contributed by atoms with van der Waals surface area (Å²) in [5.41, 5.74) is 8.24. The molecule has 3 aliphatic rings. The van der Waals surface area contributed by atoms with Crippen molar-refractivity contribution in [1.29, 1.82) is 0 Å². The van der Waals surface area contributed by atoms with Crippen molar-refractivity contribution in [2.45, 2.75) is 128 Å². The summed E-state index contributed by atoms with van der Waals surface area (Å²) in [5.74, 6) is -0.486. The second-order valence-electron chi connectivity index (χ2n) is 20.5. The van der Waals surface area contributed by atoms with Crippen LogP contribution in [0.15, 0.2) is 24.5 Å². The predicted molar refractivity (Wildman–Crippen MR) is 282 cm³/mol. The number of fused-ring (bicyclic) bond motifs is 2. The Hall–Kier alpha value is -5.57. The fraction of sp³-hybridized carbons (Fsp3) is 0.580. The number of aromatic nitrogens is 8. The summed E-state index contributed by atoms with van der Waals surface area (Å²) >= 11 is 2.85. The lowest BCUT2D eigenvalue weighted by molar-refractivity contribution is -0.159. The van der Waals surface area contributed by atoms with Crippen molar-refractivity contribution in [3.8, 4) is 27.0 Å². The van der Waals surface area contributed by atoms with Gasteiger partial charge in [-0.3, -0.25) is 9.78 Å². The number of hydrogen-bond donors (Lipinski definition) is 9. The molecule has 1 unspecified atom stereocenters. The number of nitrogens with one attached hydrogen (secondary N) is 4. The Morgan fingerprint density at radius 3 is 1.85 bits per heavy atom. The maximum atomic E-state index is 13.4. The lowest BCUT2D eigenvalue weighted by atomic mass is 9.88. The number of carbonyl (C=O) groups excluding carboxylic acids is 1. The van der Waals surface area contributed by atoms with Crippen molar-refractivity contribution >= 4 is 72.6 Å². The molecule has 22 nitrogen and oxygen atoms in total. The van der Waals surface area contributed by atoms with E-state index in [1.54, 1.807) is 40.5 Å². The Morgan fingerprint density at radius 2 is 1.32 bits per heavy atom. The molecular formula is C50H67N13O9S2. The van der Waals surface area contributed by atoms with Gasteiger partial charge in [0.05, 0.1) is 86.3 Å². The van der Waals surface area contributed by atoms with E-state index < -0.39 is 71.5 Å². The molecule has 0 amide bonds. The minimum absolute atomic E-state index is 0.158. The number of esters is 1. The maximum absolute atomic E-state index is 13.4. The first-order valence-corrected chi connectivity index (χ1v) is 26.6. The molecule has 0 bridgehead atoms. The Labute approximate surface area is 436 Å². The van der Waals surface area contributed by atoms with Gasteiger partial charge in [-0.05, 0) is 78.4 Å². The van der Waals surface area contributed by atoms with E-state index in [2.05, 4.69) is 26.3 Å². The number of anilines is 4. The van der Waals surface area contributed by atoms with Crippen LogP contribution >= 0.6 is 22.7 Å². The quantitative estimate of drug-likeness (QED) is 0.0351. The van der Waals surface area contributed by atoms with Crippen LogP contribution in [0.25, 0.3) is 41.6 Å². The average Bonchev–Trinajstić information content (AvgIpc) is 3.65. The van der Waals surface area contributed by atoms with Crippen molar-refractivity contribution in [2.75, 3.05) is 61.8 Å². The highest BCUT2D eigenvalue weighted by Crippen LogP contribution is 2.51. The summed E-state index contributed by atoms with van der Waals surface area (Å²) in [5, 5.41) is 61.5. The number of carbonyl (C=O) groups is 1. The smallest absolute Gasteiger partial charge is 0.323 e. The predicted octanol–water partition coefficient (Wildman–Crippen LogP) is 4.61. The molecule has 74 heavy (non-hydrogen) atoms. The third-order valence-corrected chi connectivity index (χ3v) is 16.4. The number of methoxy groups -OCH3 is 2. The lowest BCUT2D eigenvalue weighted by Crippen LogP contribution is -2.46. The zero-order valence-corrected chi connectivity index (χ0v) is 44.7. The Morgan fingerprint density at radius 1 is 0.784 bits per heavy atom. The monoisotopic (exact) mass is 1060 g/mol. The molecule has 9 atom stereocenters. The van der Waals surface area contributed by atoms with Crippen LogP contribution in [0.4, 0.5) is 23.5 Å². The SMILES string of the molecule is COCCNc1nc(C)c(-c2nc3c(C)nccc3s2)c(N[C@@H]2C[C@H](C3(O)CC3)[C@@H](O)[C@H]2Oc2nccc3sc(-c4c(C)nc(NCCOC)nc4N[C@@H]4C[C@H](C(C)(C)O)[C@@H](O)[C@H]4OC(=O)C(N)C(C)C)nc23)n1. The van der Waals surface area contributed by atoms with E-state index in [0.29, 0.717) is 112 Å². The number of nitrogens with two attached hydrogens (primary N) is 1. The normalized spacial score (nSPS) is 23.9. The van der Waals surface area contributed by atoms with Crippen LogP contribution in [0.2, 0.25) is 0 Å². The van der Waals surface area contributed by atoms with E-state index >= 15 is 0 Å². The third-order valence-electron chi connectivity index (χ3n) is 14.4. The molecule has 0 aromatic carbocycles. The molecule has 9 rings (SSSR count). The Balaban J connectivity index is 1.08. The topological polar surface area (TPSA) is 312 Å². The molecule has 24 heteroatoms. The van der Waals surface area contributed by atoms with Gasteiger partial charge >= 0.3 is 5.97 Å². The number of ether oxygens (including phenoxy) is 4. The molecule has 6 aromatic rings. The number of hydrogen-bond acceptors (Lipinski definition) is 24. The standard InChI is InChI=1S/C50H67N13O9S2/c1-22(2)34(51)46(66)72-40-28(20-26(37(40)64)49(6,7)67)58-42-33(24(4)57-48(63-42)55-17-19-70-9)45-61-36-31(74-45)11-15-53-43(36)71-39-29(21-27(38(39)65)50(68)12-13-50)59-41-32(23(3)56-47(62-41)54-16-18-69-8)44-60-35-25(5)52-14-10-30(35)73-44/h10-11,14-15,22,26-29,34,37-40,64-65,67-68H,12-13,16-21,51H2,1-9H3,(H2,54,56,59,62)(H2,55,57,58,63)/t26-,27-,28+,29+,34?,37+,38+,39-,40-/m0/s1. The molecule has 0 spiro atoms. The van der Waals surface area contributed by atoms with Gasteiger partial charge in [0.2, 0.25) is 17.8 Å². The Kier molecular flexibility index (Phi) is 15.5. The number of rotatable bonds is 21. The van der Waals surface area contributed by atoms with Crippen molar-refractivity contribution in [1.82, 2.24) is 39.9 Å². The van der Waals surface area contributed by atoms with E-state index in [1.165, 1.54) is 22.7 Å². The summed E-state index contributed by atoms with van der Waals surface area (Å²) in [4.78, 5) is 52.2. The fourth-order valence-corrected chi connectivity index (χ4v) is 12.2. The van der Waals surface area contributed by atoms with E-state index in [4.69, 9.17) is 59.6 Å². The second kappa shape index (κ2) is 21.6. The lowest BCUT2D eigenvalue weighted by Gasteiger charge is -2.29.